The molecule has 0 radical (unpaired) electrons. The number of aromatic nitrogens is 3. The van der Waals surface area contributed by atoms with Gasteiger partial charge in [0.15, 0.2) is 0 Å². The van der Waals surface area contributed by atoms with Crippen molar-refractivity contribution in [2.75, 3.05) is 26.2 Å². The van der Waals surface area contributed by atoms with Crippen LogP contribution in [-0.2, 0) is 6.18 Å². The van der Waals surface area contributed by atoms with Gasteiger partial charge >= 0.3 is 6.18 Å². The van der Waals surface area contributed by atoms with Gasteiger partial charge in [-0.25, -0.2) is 15.0 Å². The maximum Gasteiger partial charge on any atom is 0.417 e. The van der Waals surface area contributed by atoms with Crippen LogP contribution in [-0.4, -0.2) is 69.0 Å². The molecule has 2 saturated heterocycles. The molecule has 0 aliphatic carbocycles. The van der Waals surface area contributed by atoms with Gasteiger partial charge in [0.2, 0.25) is 5.88 Å². The van der Waals surface area contributed by atoms with Crippen molar-refractivity contribution in [2.45, 2.75) is 57.9 Å². The maximum absolute atomic E-state index is 13.0. The normalized spacial score (nSPS) is 19.0. The quantitative estimate of drug-likeness (QED) is 0.689. The Bertz CT molecular complexity index is 947. The number of ether oxygens (including phenoxy) is 1. The first-order valence-corrected chi connectivity index (χ1v) is 11.2. The van der Waals surface area contributed by atoms with Crippen LogP contribution in [0.2, 0.25) is 0 Å². The van der Waals surface area contributed by atoms with Crippen molar-refractivity contribution in [2.24, 2.45) is 0 Å². The third-order valence-corrected chi connectivity index (χ3v) is 6.54. The summed E-state index contributed by atoms with van der Waals surface area (Å²) >= 11 is 0. The number of carbonyl (C=O) groups excluding carboxylic acids is 1. The number of halogens is 3. The second-order valence-electron chi connectivity index (χ2n) is 8.68. The van der Waals surface area contributed by atoms with E-state index in [1.54, 1.807) is 0 Å². The second-order valence-corrected chi connectivity index (χ2v) is 8.68. The fourth-order valence-corrected chi connectivity index (χ4v) is 4.64. The molecule has 0 aromatic carbocycles. The Kier molecular flexibility index (Phi) is 6.83. The summed E-state index contributed by atoms with van der Waals surface area (Å²) in [5.74, 6) is 0.226. The molecule has 2 aromatic rings. The summed E-state index contributed by atoms with van der Waals surface area (Å²) in [6.45, 7) is 6.78. The molecule has 2 aliphatic rings. The van der Waals surface area contributed by atoms with Crippen LogP contribution in [0, 0.1) is 13.8 Å². The molecule has 0 N–H and O–H groups in total. The number of alkyl halides is 3. The molecule has 4 heterocycles. The van der Waals surface area contributed by atoms with E-state index in [4.69, 9.17) is 4.74 Å². The number of rotatable bonds is 4. The van der Waals surface area contributed by atoms with Gasteiger partial charge in [0.25, 0.3) is 5.91 Å². The number of pyridine rings is 1. The van der Waals surface area contributed by atoms with Crippen molar-refractivity contribution in [3.63, 3.8) is 0 Å². The Balaban J connectivity index is 1.25. The summed E-state index contributed by atoms with van der Waals surface area (Å²) in [6, 6.07) is 2.69. The molecule has 2 fully saturated rings. The number of amides is 1. The van der Waals surface area contributed by atoms with Crippen LogP contribution in [0.4, 0.5) is 13.2 Å². The molecule has 0 spiro atoms. The van der Waals surface area contributed by atoms with Crippen molar-refractivity contribution in [3.05, 3.63) is 47.2 Å². The van der Waals surface area contributed by atoms with Crippen molar-refractivity contribution in [1.29, 1.82) is 0 Å². The Morgan fingerprint density at radius 2 is 1.61 bits per heavy atom. The van der Waals surface area contributed by atoms with Gasteiger partial charge < -0.3 is 9.64 Å². The van der Waals surface area contributed by atoms with Gasteiger partial charge in [-0.3, -0.25) is 9.69 Å². The predicted molar refractivity (Wildman–Crippen MR) is 115 cm³/mol. The summed E-state index contributed by atoms with van der Waals surface area (Å²) in [5.41, 5.74) is 1.24. The van der Waals surface area contributed by atoms with Gasteiger partial charge in [0.1, 0.15) is 12.4 Å². The van der Waals surface area contributed by atoms with Crippen LogP contribution in [0.5, 0.6) is 5.88 Å². The number of nitrogens with zero attached hydrogens (tertiary/aromatic N) is 5. The fraction of sp³-hybridized carbons (Fsp3) is 0.565. The van der Waals surface area contributed by atoms with Crippen molar-refractivity contribution >= 4 is 5.91 Å². The lowest BCUT2D eigenvalue weighted by Crippen LogP contribution is -2.50. The average Bonchev–Trinajstić information content (AvgIpc) is 2.79. The van der Waals surface area contributed by atoms with E-state index >= 15 is 0 Å². The predicted octanol–water partition coefficient (Wildman–Crippen LogP) is 3.66. The van der Waals surface area contributed by atoms with Gasteiger partial charge in [-0.2, -0.15) is 13.2 Å². The van der Waals surface area contributed by atoms with E-state index in [1.165, 1.54) is 12.4 Å². The zero-order valence-electron chi connectivity index (χ0n) is 18.8. The number of piperidine rings is 2. The number of hydrogen-bond acceptors (Lipinski definition) is 6. The lowest BCUT2D eigenvalue weighted by atomic mass is 9.98. The van der Waals surface area contributed by atoms with Gasteiger partial charge in [-0.05, 0) is 45.6 Å². The Hall–Kier alpha value is -2.75. The Labute approximate surface area is 191 Å². The molecule has 33 heavy (non-hydrogen) atoms. The number of likely N-dealkylation sites (tertiary alicyclic amines) is 2. The highest BCUT2D eigenvalue weighted by Gasteiger charge is 2.33. The van der Waals surface area contributed by atoms with E-state index in [0.717, 1.165) is 51.0 Å². The van der Waals surface area contributed by atoms with E-state index in [-0.39, 0.29) is 17.9 Å². The van der Waals surface area contributed by atoms with E-state index in [2.05, 4.69) is 19.9 Å². The fourth-order valence-electron chi connectivity index (χ4n) is 4.64. The van der Waals surface area contributed by atoms with Crippen molar-refractivity contribution in [1.82, 2.24) is 24.8 Å². The van der Waals surface area contributed by atoms with Crippen molar-refractivity contribution < 1.29 is 22.7 Å². The SMILES string of the molecule is Cc1ncnc(C)c1C(=O)N1CCC(N2CCC(Oc3ccc(C(F)(F)F)cn3)CC2)CC1. The lowest BCUT2D eigenvalue weighted by Gasteiger charge is -2.41. The largest absolute Gasteiger partial charge is 0.474 e. The van der Waals surface area contributed by atoms with Gasteiger partial charge in [0.05, 0.1) is 22.5 Å². The van der Waals surface area contributed by atoms with Crippen LogP contribution in [0.3, 0.4) is 0 Å². The summed E-state index contributed by atoms with van der Waals surface area (Å²) in [5, 5.41) is 0. The van der Waals surface area contributed by atoms with Crippen molar-refractivity contribution in [3.8, 4) is 5.88 Å². The standard InChI is InChI=1S/C23H28F3N5O2/c1-15-21(16(2)29-14-28-15)22(32)31-9-5-18(6-10-31)30-11-7-19(8-12-30)33-20-4-3-17(13-27-20)23(24,25)26/h3-4,13-14,18-19H,5-12H2,1-2H3. The minimum Gasteiger partial charge on any atom is -0.474 e. The van der Waals surface area contributed by atoms with Crippen LogP contribution >= 0.6 is 0 Å². The van der Waals surface area contributed by atoms with Gasteiger partial charge in [0, 0.05) is 44.5 Å². The topological polar surface area (TPSA) is 71.5 Å². The van der Waals surface area contributed by atoms with Crippen LogP contribution < -0.4 is 4.74 Å². The molecule has 4 rings (SSSR count). The smallest absolute Gasteiger partial charge is 0.417 e. The van der Waals surface area contributed by atoms with Crippen LogP contribution in [0.25, 0.3) is 0 Å². The number of carbonyl (C=O) groups is 1. The van der Waals surface area contributed by atoms with E-state index in [1.807, 2.05) is 18.7 Å². The first-order valence-electron chi connectivity index (χ1n) is 11.2. The van der Waals surface area contributed by atoms with E-state index < -0.39 is 11.7 Å². The Morgan fingerprint density at radius 1 is 0.970 bits per heavy atom. The van der Waals surface area contributed by atoms with Gasteiger partial charge in [-0.15, -0.1) is 0 Å². The average molecular weight is 464 g/mol. The summed E-state index contributed by atoms with van der Waals surface area (Å²) in [6.07, 6.45) is 1.23. The third-order valence-electron chi connectivity index (χ3n) is 6.54. The molecular formula is C23H28F3N5O2. The highest BCUT2D eigenvalue weighted by molar-refractivity contribution is 5.96. The minimum atomic E-state index is -4.40. The molecule has 10 heteroatoms. The highest BCUT2D eigenvalue weighted by Crippen LogP contribution is 2.30. The number of aryl methyl sites for hydroxylation is 2. The first-order chi connectivity index (χ1) is 15.7. The first kappa shape index (κ1) is 23.4. The lowest BCUT2D eigenvalue weighted by molar-refractivity contribution is -0.137. The second kappa shape index (κ2) is 9.62. The van der Waals surface area contributed by atoms with E-state index in [0.29, 0.717) is 36.1 Å². The molecule has 0 saturated carbocycles. The summed E-state index contributed by atoms with van der Waals surface area (Å²) in [4.78, 5) is 29.4. The molecule has 2 aliphatic heterocycles. The molecule has 2 aromatic heterocycles. The summed E-state index contributed by atoms with van der Waals surface area (Å²) < 4.78 is 43.8. The molecule has 178 valence electrons. The van der Waals surface area contributed by atoms with Crippen LogP contribution in [0.15, 0.2) is 24.7 Å². The molecule has 0 bridgehead atoms. The highest BCUT2D eigenvalue weighted by atomic mass is 19.4. The molecule has 0 atom stereocenters. The number of hydrogen-bond donors (Lipinski definition) is 0. The molecule has 0 unspecified atom stereocenters. The Morgan fingerprint density at radius 3 is 2.15 bits per heavy atom. The zero-order valence-corrected chi connectivity index (χ0v) is 18.8. The van der Waals surface area contributed by atoms with Crippen LogP contribution in [0.1, 0.15) is 53.0 Å². The van der Waals surface area contributed by atoms with E-state index in [9.17, 15) is 18.0 Å². The molecular weight excluding hydrogens is 435 g/mol. The zero-order chi connectivity index (χ0) is 23.6. The third kappa shape index (κ3) is 5.43. The maximum atomic E-state index is 13.0. The minimum absolute atomic E-state index is 0.000185. The van der Waals surface area contributed by atoms with Gasteiger partial charge in [-0.1, -0.05) is 0 Å². The summed E-state index contributed by atoms with van der Waals surface area (Å²) in [7, 11) is 0. The monoisotopic (exact) mass is 463 g/mol. The molecule has 1 amide bonds. The molecule has 7 nitrogen and oxygen atoms in total.